The van der Waals surface area contributed by atoms with Crippen LogP contribution in [0.25, 0.3) is 0 Å². The summed E-state index contributed by atoms with van der Waals surface area (Å²) in [6.45, 7) is 6.46. The van der Waals surface area contributed by atoms with Gasteiger partial charge in [-0.2, -0.15) is 5.10 Å². The van der Waals surface area contributed by atoms with Crippen molar-refractivity contribution < 1.29 is 19.8 Å². The Labute approximate surface area is 123 Å². The molecule has 116 valence electrons. The number of hydrogen-bond acceptors (Lipinski definition) is 4. The van der Waals surface area contributed by atoms with Crippen molar-refractivity contribution in [1.29, 1.82) is 0 Å². The molecule has 1 aromatic heterocycles. The molecule has 21 heavy (non-hydrogen) atoms. The van der Waals surface area contributed by atoms with Crippen LogP contribution in [-0.2, 0) is 10.2 Å². The molecule has 7 heteroatoms. The minimum atomic E-state index is -1.72. The van der Waals surface area contributed by atoms with Crippen molar-refractivity contribution in [2.24, 2.45) is 0 Å². The molecule has 0 unspecified atom stereocenters. The van der Waals surface area contributed by atoms with Gasteiger partial charge in [-0.25, -0.2) is 4.79 Å². The number of carbonyl (C=O) groups excluding carboxylic acids is 1. The molecule has 0 spiro atoms. The van der Waals surface area contributed by atoms with Crippen LogP contribution >= 0.6 is 0 Å². The average Bonchev–Trinajstić information content (AvgIpc) is 2.88. The normalized spacial score (nSPS) is 18.6. The van der Waals surface area contributed by atoms with Gasteiger partial charge in [-0.1, -0.05) is 20.8 Å². The van der Waals surface area contributed by atoms with E-state index in [9.17, 15) is 14.7 Å². The maximum Gasteiger partial charge on any atom is 0.335 e. The predicted octanol–water partition coefficient (Wildman–Crippen LogP) is 0.759. The number of aliphatic carboxylic acids is 1. The number of carbonyl (C=O) groups is 2. The van der Waals surface area contributed by atoms with Gasteiger partial charge in [0.2, 0.25) is 0 Å². The van der Waals surface area contributed by atoms with Gasteiger partial charge < -0.3 is 15.1 Å². The van der Waals surface area contributed by atoms with Gasteiger partial charge >= 0.3 is 5.97 Å². The summed E-state index contributed by atoms with van der Waals surface area (Å²) in [6, 6.07) is 1.72. The van der Waals surface area contributed by atoms with E-state index in [0.29, 0.717) is 5.69 Å². The molecule has 1 amide bonds. The molecule has 1 fully saturated rings. The number of aromatic amines is 1. The molecular formula is C14H21N3O4. The highest BCUT2D eigenvalue weighted by Gasteiger charge is 2.40. The van der Waals surface area contributed by atoms with Crippen LogP contribution in [0.15, 0.2) is 6.07 Å². The topological polar surface area (TPSA) is 107 Å². The molecule has 0 saturated carbocycles. The molecule has 0 bridgehead atoms. The van der Waals surface area contributed by atoms with E-state index in [0.717, 1.165) is 5.69 Å². The summed E-state index contributed by atoms with van der Waals surface area (Å²) in [4.78, 5) is 24.8. The number of aliphatic hydroxyl groups is 1. The van der Waals surface area contributed by atoms with E-state index in [2.05, 4.69) is 10.2 Å². The zero-order chi connectivity index (χ0) is 15.8. The summed E-state index contributed by atoms with van der Waals surface area (Å²) in [6.07, 6.45) is 0.0647. The number of nitrogens with zero attached hydrogens (tertiary/aromatic N) is 2. The van der Waals surface area contributed by atoms with E-state index in [1.165, 1.54) is 4.90 Å². The number of carboxylic acid groups (broad SMARTS) is 1. The van der Waals surface area contributed by atoms with Gasteiger partial charge in [0.1, 0.15) is 5.69 Å². The van der Waals surface area contributed by atoms with E-state index in [1.807, 2.05) is 20.8 Å². The second kappa shape index (κ2) is 5.14. The third-order valence-electron chi connectivity index (χ3n) is 3.88. The Bertz CT molecular complexity index is 551. The Morgan fingerprint density at radius 2 is 1.90 bits per heavy atom. The fraction of sp³-hybridized carbons (Fsp3) is 0.643. The highest BCUT2D eigenvalue weighted by atomic mass is 16.4. The molecule has 1 aliphatic heterocycles. The van der Waals surface area contributed by atoms with Gasteiger partial charge in [-0.05, 0) is 6.07 Å². The molecular weight excluding hydrogens is 274 g/mol. The minimum Gasteiger partial charge on any atom is -0.479 e. The summed E-state index contributed by atoms with van der Waals surface area (Å²) in [5.74, 6) is -1.47. The van der Waals surface area contributed by atoms with Crippen LogP contribution in [0.2, 0.25) is 0 Å². The number of carboxylic acids is 1. The van der Waals surface area contributed by atoms with Crippen LogP contribution in [0.1, 0.15) is 49.8 Å². The smallest absolute Gasteiger partial charge is 0.335 e. The molecule has 1 aliphatic rings. The van der Waals surface area contributed by atoms with Crippen LogP contribution in [0.4, 0.5) is 0 Å². The first-order valence-corrected chi connectivity index (χ1v) is 6.94. The van der Waals surface area contributed by atoms with Crippen LogP contribution in [0.5, 0.6) is 0 Å². The third kappa shape index (κ3) is 3.07. The number of nitrogens with one attached hydrogen (secondary N) is 1. The van der Waals surface area contributed by atoms with Crippen molar-refractivity contribution in [3.8, 4) is 0 Å². The number of aromatic nitrogens is 2. The number of amides is 1. The fourth-order valence-corrected chi connectivity index (χ4v) is 2.27. The quantitative estimate of drug-likeness (QED) is 0.746. The van der Waals surface area contributed by atoms with E-state index >= 15 is 0 Å². The first-order valence-electron chi connectivity index (χ1n) is 6.94. The van der Waals surface area contributed by atoms with Crippen LogP contribution in [0, 0.1) is 0 Å². The molecule has 7 nitrogen and oxygen atoms in total. The summed E-state index contributed by atoms with van der Waals surface area (Å²) in [7, 11) is 0. The van der Waals surface area contributed by atoms with E-state index < -0.39 is 11.6 Å². The Balaban J connectivity index is 2.06. The largest absolute Gasteiger partial charge is 0.479 e. The van der Waals surface area contributed by atoms with E-state index in [4.69, 9.17) is 5.11 Å². The van der Waals surface area contributed by atoms with Gasteiger partial charge in [0, 0.05) is 37.0 Å². The molecule has 0 atom stereocenters. The summed E-state index contributed by atoms with van der Waals surface area (Å²) in [5.41, 5.74) is -0.666. The Kier molecular flexibility index (Phi) is 3.79. The summed E-state index contributed by atoms with van der Waals surface area (Å²) in [5, 5.41) is 25.7. The Hall–Kier alpha value is -1.89. The maximum absolute atomic E-state index is 12.3. The van der Waals surface area contributed by atoms with Gasteiger partial charge in [-0.15, -0.1) is 0 Å². The van der Waals surface area contributed by atoms with Gasteiger partial charge in [0.25, 0.3) is 5.91 Å². The zero-order valence-electron chi connectivity index (χ0n) is 12.5. The lowest BCUT2D eigenvalue weighted by molar-refractivity contribution is -0.162. The average molecular weight is 295 g/mol. The Morgan fingerprint density at radius 3 is 2.33 bits per heavy atom. The Morgan fingerprint density at radius 1 is 1.33 bits per heavy atom. The van der Waals surface area contributed by atoms with E-state index in [1.54, 1.807) is 6.07 Å². The van der Waals surface area contributed by atoms with Crippen LogP contribution < -0.4 is 0 Å². The number of likely N-dealkylation sites (tertiary alicyclic amines) is 1. The first kappa shape index (κ1) is 15.5. The van der Waals surface area contributed by atoms with Crippen molar-refractivity contribution in [3.05, 3.63) is 17.5 Å². The number of H-pyrrole nitrogens is 1. The summed E-state index contributed by atoms with van der Waals surface area (Å²) < 4.78 is 0. The first-order chi connectivity index (χ1) is 9.63. The van der Waals surface area contributed by atoms with Crippen molar-refractivity contribution in [1.82, 2.24) is 15.1 Å². The molecule has 2 rings (SSSR count). The molecule has 2 heterocycles. The highest BCUT2D eigenvalue weighted by molar-refractivity contribution is 5.92. The predicted molar refractivity (Wildman–Crippen MR) is 75.0 cm³/mol. The molecule has 1 saturated heterocycles. The zero-order valence-corrected chi connectivity index (χ0v) is 12.5. The SMILES string of the molecule is CC(C)(C)c1cc(C(=O)N2CCC(O)(C(=O)O)CC2)n[nH]1. The lowest BCUT2D eigenvalue weighted by Crippen LogP contribution is -2.50. The maximum atomic E-state index is 12.3. The van der Waals surface area contributed by atoms with Crippen LogP contribution in [-0.4, -0.2) is 55.9 Å². The molecule has 0 aliphatic carbocycles. The van der Waals surface area contributed by atoms with Crippen molar-refractivity contribution >= 4 is 11.9 Å². The van der Waals surface area contributed by atoms with Gasteiger partial charge in [0.05, 0.1) is 0 Å². The second-order valence-electron chi connectivity index (χ2n) is 6.55. The van der Waals surface area contributed by atoms with Gasteiger partial charge in [0.15, 0.2) is 5.60 Å². The standard InChI is InChI=1S/C14H21N3O4/c1-13(2,3)10-8-9(15-16-10)11(18)17-6-4-14(21,5-7-17)12(19)20/h8,21H,4-7H2,1-3H3,(H,15,16)(H,19,20). The summed E-state index contributed by atoms with van der Waals surface area (Å²) >= 11 is 0. The van der Waals surface area contributed by atoms with E-state index in [-0.39, 0.29) is 37.3 Å². The van der Waals surface area contributed by atoms with Gasteiger partial charge in [-0.3, -0.25) is 9.89 Å². The molecule has 0 aromatic carbocycles. The number of rotatable bonds is 2. The lowest BCUT2D eigenvalue weighted by atomic mass is 9.91. The molecule has 1 aromatic rings. The minimum absolute atomic E-state index is 0.0324. The van der Waals surface area contributed by atoms with Crippen LogP contribution in [0.3, 0.4) is 0 Å². The van der Waals surface area contributed by atoms with Crippen molar-refractivity contribution in [2.75, 3.05) is 13.1 Å². The lowest BCUT2D eigenvalue weighted by Gasteiger charge is -2.34. The number of piperidine rings is 1. The third-order valence-corrected chi connectivity index (χ3v) is 3.88. The molecule has 3 N–H and O–H groups in total. The monoisotopic (exact) mass is 295 g/mol. The van der Waals surface area contributed by atoms with Crippen molar-refractivity contribution in [2.45, 2.75) is 44.6 Å². The second-order valence-corrected chi connectivity index (χ2v) is 6.55. The fourth-order valence-electron chi connectivity index (χ4n) is 2.27. The number of hydrogen-bond donors (Lipinski definition) is 3. The highest BCUT2D eigenvalue weighted by Crippen LogP contribution is 2.25. The molecule has 0 radical (unpaired) electrons. The van der Waals surface area contributed by atoms with Crippen molar-refractivity contribution in [3.63, 3.8) is 0 Å².